The fourth-order valence-electron chi connectivity index (χ4n) is 3.79. The lowest BCUT2D eigenvalue weighted by molar-refractivity contribution is -0.137. The first kappa shape index (κ1) is 28.9. The number of benzene rings is 1. The van der Waals surface area contributed by atoms with Gasteiger partial charge in [-0.15, -0.1) is 0 Å². The van der Waals surface area contributed by atoms with Crippen molar-refractivity contribution in [3.05, 3.63) is 65.9 Å². The van der Waals surface area contributed by atoms with Gasteiger partial charge in [-0.2, -0.15) is 23.3 Å². The first-order valence-electron chi connectivity index (χ1n) is 12.3. The molecule has 0 radical (unpaired) electrons. The summed E-state index contributed by atoms with van der Waals surface area (Å²) in [6, 6.07) is 8.29. The first-order chi connectivity index (χ1) is 18.2. The van der Waals surface area contributed by atoms with E-state index in [0.29, 0.717) is 36.5 Å². The molecule has 0 aliphatic carbocycles. The maximum absolute atomic E-state index is 14.5. The molecule has 38 heavy (non-hydrogen) atoms. The topological polar surface area (TPSA) is 89.8 Å². The van der Waals surface area contributed by atoms with Gasteiger partial charge in [-0.25, -0.2) is 14.8 Å². The second-order valence-electron chi connectivity index (χ2n) is 8.38. The number of likely N-dealkylation sites (N-methyl/N-ethyl adjacent to an activating group) is 1. The number of pyridine rings is 1. The molecule has 0 unspecified atom stereocenters. The number of nitrogens with one attached hydrogen (secondary N) is 1. The zero-order chi connectivity index (χ0) is 27.5. The van der Waals surface area contributed by atoms with Gasteiger partial charge in [-0.3, -0.25) is 4.98 Å². The van der Waals surface area contributed by atoms with E-state index in [9.17, 15) is 17.6 Å². The number of aliphatic hydroxyl groups excluding tert-OH is 1. The summed E-state index contributed by atoms with van der Waals surface area (Å²) < 4.78 is 53.4. The highest BCUT2D eigenvalue weighted by atomic mass is 19.4. The second-order valence-corrected chi connectivity index (χ2v) is 8.38. The number of anilines is 2. The Morgan fingerprint density at radius 1 is 1.00 bits per heavy atom. The molecule has 3 rings (SSSR count). The van der Waals surface area contributed by atoms with E-state index in [0.717, 1.165) is 37.8 Å². The van der Waals surface area contributed by atoms with Crippen LogP contribution in [-0.4, -0.2) is 70.5 Å². The molecule has 0 spiro atoms. The molecule has 2 heterocycles. The maximum Gasteiger partial charge on any atom is 0.416 e. The smallest absolute Gasteiger partial charge is 0.395 e. The average Bonchev–Trinajstić information content (AvgIpc) is 2.91. The van der Waals surface area contributed by atoms with E-state index >= 15 is 0 Å². The SMILES string of the molecule is CCN(CCO)CCCN(CC)c1nc(N/N=C/c2ccc(-c3cccc(C(F)(F)F)c3)cn2)ncc1F. The highest BCUT2D eigenvalue weighted by Gasteiger charge is 2.30. The molecule has 0 saturated heterocycles. The van der Waals surface area contributed by atoms with Crippen molar-refractivity contribution in [1.29, 1.82) is 0 Å². The third-order valence-corrected chi connectivity index (χ3v) is 5.84. The molecule has 8 nitrogen and oxygen atoms in total. The molecule has 3 aromatic rings. The van der Waals surface area contributed by atoms with Crippen LogP contribution < -0.4 is 10.3 Å². The molecule has 0 atom stereocenters. The number of nitrogens with zero attached hydrogens (tertiary/aromatic N) is 6. The van der Waals surface area contributed by atoms with Gasteiger partial charge < -0.3 is 14.9 Å². The lowest BCUT2D eigenvalue weighted by atomic mass is 10.0. The molecule has 204 valence electrons. The summed E-state index contributed by atoms with van der Waals surface area (Å²) >= 11 is 0. The first-order valence-corrected chi connectivity index (χ1v) is 12.3. The van der Waals surface area contributed by atoms with Crippen LogP contribution in [0, 0.1) is 5.82 Å². The van der Waals surface area contributed by atoms with Crippen LogP contribution in [0.5, 0.6) is 0 Å². The van der Waals surface area contributed by atoms with Crippen LogP contribution in [0.2, 0.25) is 0 Å². The molecule has 1 aromatic carbocycles. The van der Waals surface area contributed by atoms with Gasteiger partial charge in [-0.1, -0.05) is 25.1 Å². The van der Waals surface area contributed by atoms with E-state index in [4.69, 9.17) is 5.11 Å². The van der Waals surface area contributed by atoms with Gasteiger partial charge in [0.1, 0.15) is 0 Å². The lowest BCUT2D eigenvalue weighted by Crippen LogP contribution is -2.32. The Bertz CT molecular complexity index is 1190. The van der Waals surface area contributed by atoms with Gasteiger partial charge in [0.05, 0.1) is 30.3 Å². The van der Waals surface area contributed by atoms with Gasteiger partial charge in [0, 0.05) is 31.4 Å². The normalized spacial score (nSPS) is 11.9. The van der Waals surface area contributed by atoms with Crippen molar-refractivity contribution in [3.8, 4) is 11.1 Å². The number of hydrogen-bond donors (Lipinski definition) is 2. The van der Waals surface area contributed by atoms with Crippen LogP contribution in [0.4, 0.5) is 29.3 Å². The van der Waals surface area contributed by atoms with Gasteiger partial charge >= 0.3 is 6.18 Å². The Morgan fingerprint density at radius 2 is 1.82 bits per heavy atom. The molecule has 2 N–H and O–H groups in total. The molecule has 0 aliphatic heterocycles. The van der Waals surface area contributed by atoms with Crippen LogP contribution in [0.1, 0.15) is 31.5 Å². The summed E-state index contributed by atoms with van der Waals surface area (Å²) in [7, 11) is 0. The number of rotatable bonds is 13. The van der Waals surface area contributed by atoms with E-state index in [1.54, 1.807) is 18.2 Å². The molecular weight excluding hydrogens is 502 g/mol. The summed E-state index contributed by atoms with van der Waals surface area (Å²) in [5.41, 5.74) is 3.32. The van der Waals surface area contributed by atoms with E-state index in [1.807, 2.05) is 18.7 Å². The van der Waals surface area contributed by atoms with Gasteiger partial charge in [0.25, 0.3) is 0 Å². The highest BCUT2D eigenvalue weighted by Crippen LogP contribution is 2.32. The molecule has 0 amide bonds. The minimum absolute atomic E-state index is 0.0942. The summed E-state index contributed by atoms with van der Waals surface area (Å²) in [6.07, 6.45) is 0.293. The second kappa shape index (κ2) is 13.8. The van der Waals surface area contributed by atoms with Crippen LogP contribution >= 0.6 is 0 Å². The lowest BCUT2D eigenvalue weighted by Gasteiger charge is -2.25. The summed E-state index contributed by atoms with van der Waals surface area (Å²) in [5, 5.41) is 13.2. The zero-order valence-corrected chi connectivity index (χ0v) is 21.3. The monoisotopic (exact) mass is 533 g/mol. The van der Waals surface area contributed by atoms with Crippen LogP contribution in [-0.2, 0) is 6.18 Å². The number of aromatic nitrogens is 3. The maximum atomic E-state index is 14.5. The van der Waals surface area contributed by atoms with Crippen molar-refractivity contribution in [2.24, 2.45) is 5.10 Å². The fraction of sp³-hybridized carbons (Fsp3) is 0.385. The molecule has 0 aliphatic rings. The molecule has 12 heteroatoms. The summed E-state index contributed by atoms with van der Waals surface area (Å²) in [4.78, 5) is 16.3. The Morgan fingerprint density at radius 3 is 2.47 bits per heavy atom. The van der Waals surface area contributed by atoms with E-state index in [2.05, 4.69) is 30.4 Å². The fourth-order valence-corrected chi connectivity index (χ4v) is 3.79. The highest BCUT2D eigenvalue weighted by molar-refractivity contribution is 5.78. The molecule has 0 saturated carbocycles. The largest absolute Gasteiger partial charge is 0.416 e. The Hall–Kier alpha value is -3.64. The number of aliphatic hydroxyl groups is 1. The number of alkyl halides is 3. The van der Waals surface area contributed by atoms with Crippen molar-refractivity contribution in [2.45, 2.75) is 26.4 Å². The van der Waals surface area contributed by atoms with Crippen LogP contribution in [0.3, 0.4) is 0 Å². The van der Waals surface area contributed by atoms with Crippen molar-refractivity contribution in [2.75, 3.05) is 49.7 Å². The molecule has 2 aromatic heterocycles. The summed E-state index contributed by atoms with van der Waals surface area (Å²) in [6.45, 7) is 7.35. The predicted octanol–water partition coefficient (Wildman–Crippen LogP) is 4.67. The van der Waals surface area contributed by atoms with Gasteiger partial charge in [0.2, 0.25) is 5.95 Å². The summed E-state index contributed by atoms with van der Waals surface area (Å²) in [5.74, 6) is -0.281. The molecule has 0 fully saturated rings. The zero-order valence-electron chi connectivity index (χ0n) is 21.3. The van der Waals surface area contributed by atoms with Crippen LogP contribution in [0.25, 0.3) is 11.1 Å². The predicted molar refractivity (Wildman–Crippen MR) is 140 cm³/mol. The van der Waals surface area contributed by atoms with Gasteiger partial charge in [0.15, 0.2) is 11.6 Å². The standard InChI is InChI=1S/C26H31F4N7O/c1-3-36(13-14-38)11-6-12-37(4-2)24-23(27)18-32-25(34-24)35-33-17-22-10-9-20(16-31-22)19-7-5-8-21(15-19)26(28,29)30/h5,7-10,15-18,38H,3-4,6,11-14H2,1-2H3,(H,32,34,35)/b33-17+. The van der Waals surface area contributed by atoms with Crippen LogP contribution in [0.15, 0.2) is 53.9 Å². The Kier molecular flexibility index (Phi) is 10.5. The molecule has 0 bridgehead atoms. The van der Waals surface area contributed by atoms with Gasteiger partial charge in [-0.05, 0) is 50.2 Å². The minimum Gasteiger partial charge on any atom is -0.395 e. The van der Waals surface area contributed by atoms with Crippen molar-refractivity contribution in [1.82, 2.24) is 19.9 Å². The Labute approximate surface area is 219 Å². The number of hydrazone groups is 1. The number of halogens is 4. The van der Waals surface area contributed by atoms with E-state index < -0.39 is 17.6 Å². The molecular formula is C26H31F4N7O. The van der Waals surface area contributed by atoms with Crippen molar-refractivity contribution in [3.63, 3.8) is 0 Å². The van der Waals surface area contributed by atoms with Crippen molar-refractivity contribution >= 4 is 18.0 Å². The quantitative estimate of drug-likeness (QED) is 0.187. The number of hydrogen-bond acceptors (Lipinski definition) is 8. The Balaban J connectivity index is 1.62. The average molecular weight is 534 g/mol. The minimum atomic E-state index is -4.42. The third-order valence-electron chi connectivity index (χ3n) is 5.84. The van der Waals surface area contributed by atoms with E-state index in [1.165, 1.54) is 18.5 Å². The third kappa shape index (κ3) is 8.18. The van der Waals surface area contributed by atoms with E-state index in [-0.39, 0.29) is 18.4 Å². The van der Waals surface area contributed by atoms with Crippen molar-refractivity contribution < 1.29 is 22.7 Å².